The van der Waals surface area contributed by atoms with Crippen LogP contribution in [0.4, 0.5) is 0 Å². The smallest absolute Gasteiger partial charge is 0.255 e. The highest BCUT2D eigenvalue weighted by Gasteiger charge is 2.12. The lowest BCUT2D eigenvalue weighted by Gasteiger charge is -2.12. The van der Waals surface area contributed by atoms with E-state index in [1.165, 1.54) is 0 Å². The molecule has 4 heteroatoms. The number of rotatable bonds is 8. The van der Waals surface area contributed by atoms with E-state index in [1.54, 1.807) is 0 Å². The fraction of sp³-hybridized carbons (Fsp3) is 0.533. The predicted octanol–water partition coefficient (Wildman–Crippen LogP) is 4.16. The van der Waals surface area contributed by atoms with Crippen LogP contribution in [0.15, 0.2) is 22.7 Å². The van der Waals surface area contributed by atoms with Gasteiger partial charge >= 0.3 is 0 Å². The summed E-state index contributed by atoms with van der Waals surface area (Å²) in [6.45, 7) is 5.57. The van der Waals surface area contributed by atoms with Crippen LogP contribution in [-0.2, 0) is 0 Å². The van der Waals surface area contributed by atoms with E-state index in [0.717, 1.165) is 30.2 Å². The Hall–Kier alpha value is -1.03. The van der Waals surface area contributed by atoms with E-state index >= 15 is 0 Å². The van der Waals surface area contributed by atoms with Crippen LogP contribution in [0.1, 0.15) is 49.9 Å². The van der Waals surface area contributed by atoms with E-state index in [2.05, 4.69) is 35.1 Å². The van der Waals surface area contributed by atoms with E-state index in [4.69, 9.17) is 4.74 Å². The number of amides is 1. The van der Waals surface area contributed by atoms with Gasteiger partial charge in [0.25, 0.3) is 5.91 Å². The van der Waals surface area contributed by atoms with Gasteiger partial charge in [-0.15, -0.1) is 0 Å². The Bertz CT molecular complexity index is 407. The van der Waals surface area contributed by atoms with Crippen LogP contribution in [0.25, 0.3) is 0 Å². The highest BCUT2D eigenvalue weighted by atomic mass is 79.9. The van der Waals surface area contributed by atoms with Crippen LogP contribution < -0.4 is 10.1 Å². The summed E-state index contributed by atoms with van der Waals surface area (Å²) in [7, 11) is 0. The number of carbonyl (C=O) groups is 1. The Balaban J connectivity index is 2.72. The Morgan fingerprint density at radius 3 is 2.68 bits per heavy atom. The second-order valence-electron chi connectivity index (χ2n) is 4.45. The molecule has 0 aliphatic rings. The van der Waals surface area contributed by atoms with Crippen molar-refractivity contribution >= 4 is 21.8 Å². The number of halogens is 1. The summed E-state index contributed by atoms with van der Waals surface area (Å²) in [4.78, 5) is 12.1. The van der Waals surface area contributed by atoms with Crippen molar-refractivity contribution in [3.63, 3.8) is 0 Å². The summed E-state index contributed by atoms with van der Waals surface area (Å²) in [5.74, 6) is 0.590. The number of carbonyl (C=O) groups excluding carboxylic acids is 1. The number of nitrogens with one attached hydrogen (secondary N) is 1. The topological polar surface area (TPSA) is 38.3 Å². The summed E-state index contributed by atoms with van der Waals surface area (Å²) in [5, 5.41) is 2.92. The lowest BCUT2D eigenvalue weighted by molar-refractivity contribution is 0.0949. The van der Waals surface area contributed by atoms with Crippen LogP contribution >= 0.6 is 15.9 Å². The molecular formula is C15H22BrNO2. The third-order valence-corrected chi connectivity index (χ3v) is 3.25. The van der Waals surface area contributed by atoms with Gasteiger partial charge in [-0.3, -0.25) is 4.79 Å². The first kappa shape index (κ1) is 16.0. The molecule has 3 nitrogen and oxygen atoms in total. The average Bonchev–Trinajstić information content (AvgIpc) is 2.40. The van der Waals surface area contributed by atoms with E-state index < -0.39 is 0 Å². The van der Waals surface area contributed by atoms with Gasteiger partial charge in [0.15, 0.2) is 0 Å². The van der Waals surface area contributed by atoms with Crippen molar-refractivity contribution in [3.05, 3.63) is 28.2 Å². The fourth-order valence-electron chi connectivity index (χ4n) is 1.61. The molecule has 0 atom stereocenters. The average molecular weight is 328 g/mol. The number of ether oxygens (including phenoxy) is 1. The zero-order valence-corrected chi connectivity index (χ0v) is 13.3. The first-order valence-corrected chi connectivity index (χ1v) is 7.68. The van der Waals surface area contributed by atoms with Crippen LogP contribution in [0.5, 0.6) is 5.75 Å². The molecule has 0 fully saturated rings. The Morgan fingerprint density at radius 1 is 1.26 bits per heavy atom. The number of hydrogen-bond acceptors (Lipinski definition) is 2. The maximum Gasteiger partial charge on any atom is 0.255 e. The van der Waals surface area contributed by atoms with Gasteiger partial charge in [-0.2, -0.15) is 0 Å². The van der Waals surface area contributed by atoms with Crippen molar-refractivity contribution in [2.24, 2.45) is 0 Å². The van der Waals surface area contributed by atoms with Crippen LogP contribution in [0, 0.1) is 0 Å². The standard InChI is InChI=1S/C15H22BrNO2/c1-3-5-9-17-15(18)13-11-12(16)7-8-14(13)19-10-6-4-2/h7-8,11H,3-6,9-10H2,1-2H3,(H,17,18). The lowest BCUT2D eigenvalue weighted by atomic mass is 10.2. The summed E-state index contributed by atoms with van der Waals surface area (Å²) in [6.07, 6.45) is 4.13. The first-order chi connectivity index (χ1) is 9.19. The molecule has 19 heavy (non-hydrogen) atoms. The molecular weight excluding hydrogens is 306 g/mol. The van der Waals surface area contributed by atoms with Gasteiger partial charge in [0.1, 0.15) is 5.75 Å². The van der Waals surface area contributed by atoms with Gasteiger partial charge in [-0.25, -0.2) is 0 Å². The number of unbranched alkanes of at least 4 members (excludes halogenated alkanes) is 2. The molecule has 106 valence electrons. The molecule has 0 aliphatic heterocycles. The van der Waals surface area contributed by atoms with E-state index in [-0.39, 0.29) is 5.91 Å². The van der Waals surface area contributed by atoms with Gasteiger partial charge in [-0.05, 0) is 31.0 Å². The molecule has 0 aromatic heterocycles. The number of hydrogen-bond donors (Lipinski definition) is 1. The van der Waals surface area contributed by atoms with E-state index in [0.29, 0.717) is 24.5 Å². The maximum absolute atomic E-state index is 12.1. The highest BCUT2D eigenvalue weighted by molar-refractivity contribution is 9.10. The third kappa shape index (κ3) is 5.64. The molecule has 0 heterocycles. The quantitative estimate of drug-likeness (QED) is 0.728. The SMILES string of the molecule is CCCCNC(=O)c1cc(Br)ccc1OCCCC. The molecule has 1 aromatic rings. The Labute approximate surface area is 123 Å². The summed E-state index contributed by atoms with van der Waals surface area (Å²) in [6, 6.07) is 5.54. The van der Waals surface area contributed by atoms with Gasteiger partial charge < -0.3 is 10.1 Å². The van der Waals surface area contributed by atoms with Crippen molar-refractivity contribution in [2.45, 2.75) is 39.5 Å². The fourth-order valence-corrected chi connectivity index (χ4v) is 1.97. The van der Waals surface area contributed by atoms with Gasteiger partial charge in [0.05, 0.1) is 12.2 Å². The minimum atomic E-state index is -0.0683. The molecule has 1 N–H and O–H groups in total. The largest absolute Gasteiger partial charge is 0.493 e. The molecule has 0 bridgehead atoms. The molecule has 0 unspecified atom stereocenters. The molecule has 1 aromatic carbocycles. The zero-order chi connectivity index (χ0) is 14.1. The minimum Gasteiger partial charge on any atom is -0.493 e. The van der Waals surface area contributed by atoms with Crippen molar-refractivity contribution in [3.8, 4) is 5.75 Å². The Kier molecular flexibility index (Phi) is 7.56. The monoisotopic (exact) mass is 327 g/mol. The summed E-state index contributed by atoms with van der Waals surface area (Å²) >= 11 is 3.39. The lowest BCUT2D eigenvalue weighted by Crippen LogP contribution is -2.25. The zero-order valence-electron chi connectivity index (χ0n) is 11.7. The second-order valence-corrected chi connectivity index (χ2v) is 5.37. The van der Waals surface area contributed by atoms with Crippen LogP contribution in [0.2, 0.25) is 0 Å². The maximum atomic E-state index is 12.1. The van der Waals surface area contributed by atoms with E-state index in [9.17, 15) is 4.79 Å². The van der Waals surface area contributed by atoms with Gasteiger partial charge in [0.2, 0.25) is 0 Å². The van der Waals surface area contributed by atoms with Crippen molar-refractivity contribution in [1.82, 2.24) is 5.32 Å². The first-order valence-electron chi connectivity index (χ1n) is 6.89. The second kappa shape index (κ2) is 8.97. The summed E-state index contributed by atoms with van der Waals surface area (Å²) < 4.78 is 6.56. The van der Waals surface area contributed by atoms with Crippen LogP contribution in [-0.4, -0.2) is 19.1 Å². The summed E-state index contributed by atoms with van der Waals surface area (Å²) in [5.41, 5.74) is 0.599. The van der Waals surface area contributed by atoms with Crippen molar-refractivity contribution < 1.29 is 9.53 Å². The normalized spacial score (nSPS) is 10.3. The minimum absolute atomic E-state index is 0.0683. The van der Waals surface area contributed by atoms with Gasteiger partial charge in [-0.1, -0.05) is 42.6 Å². The van der Waals surface area contributed by atoms with Crippen LogP contribution in [0.3, 0.4) is 0 Å². The van der Waals surface area contributed by atoms with E-state index in [1.807, 2.05) is 18.2 Å². The van der Waals surface area contributed by atoms with Crippen molar-refractivity contribution in [1.29, 1.82) is 0 Å². The molecule has 0 radical (unpaired) electrons. The van der Waals surface area contributed by atoms with Crippen molar-refractivity contribution in [2.75, 3.05) is 13.2 Å². The number of benzene rings is 1. The predicted molar refractivity (Wildman–Crippen MR) is 81.8 cm³/mol. The third-order valence-electron chi connectivity index (χ3n) is 2.76. The molecule has 0 saturated heterocycles. The molecule has 0 spiro atoms. The molecule has 1 amide bonds. The molecule has 0 aliphatic carbocycles. The highest BCUT2D eigenvalue weighted by Crippen LogP contribution is 2.23. The van der Waals surface area contributed by atoms with Gasteiger partial charge in [0, 0.05) is 11.0 Å². The molecule has 0 saturated carbocycles. The molecule has 1 rings (SSSR count). The Morgan fingerprint density at radius 2 is 2.00 bits per heavy atom.